The van der Waals surface area contributed by atoms with Crippen molar-refractivity contribution in [1.82, 2.24) is 14.8 Å². The van der Waals surface area contributed by atoms with Crippen molar-refractivity contribution >= 4 is 23.4 Å². The van der Waals surface area contributed by atoms with Gasteiger partial charge in [-0.3, -0.25) is 4.79 Å². The first-order valence-electron chi connectivity index (χ1n) is 8.66. The Morgan fingerprint density at radius 1 is 1.00 bits per heavy atom. The summed E-state index contributed by atoms with van der Waals surface area (Å²) >= 11 is 0. The Hall–Kier alpha value is -3.09. The summed E-state index contributed by atoms with van der Waals surface area (Å²) in [5.74, 6) is -0.125. The second-order valence-electron chi connectivity index (χ2n) is 5.90. The molecule has 0 saturated carbocycles. The minimum absolute atomic E-state index is 0.125. The fraction of sp³-hybridized carbons (Fsp3) is 0.316. The zero-order chi connectivity index (χ0) is 18.4. The highest BCUT2D eigenvalue weighted by Crippen LogP contribution is 2.16. The Morgan fingerprint density at radius 2 is 1.69 bits per heavy atom. The maximum Gasteiger partial charge on any atom is 0.409 e. The standard InChI is InChI=1S/C19H22N4O3/c1-2-26-19(25)23-12-10-22(11-13-23)18(24)17-9-8-16(14-20-17)21-15-6-4-3-5-7-15/h3-9,14,21H,2,10-13H2,1H3. The van der Waals surface area contributed by atoms with Gasteiger partial charge in [-0.25, -0.2) is 9.78 Å². The van der Waals surface area contributed by atoms with Crippen molar-refractivity contribution in [2.24, 2.45) is 0 Å². The summed E-state index contributed by atoms with van der Waals surface area (Å²) in [7, 11) is 0. The summed E-state index contributed by atoms with van der Waals surface area (Å²) in [5, 5.41) is 3.23. The molecule has 1 saturated heterocycles. The van der Waals surface area contributed by atoms with Gasteiger partial charge >= 0.3 is 6.09 Å². The molecule has 2 heterocycles. The molecule has 1 fully saturated rings. The Morgan fingerprint density at radius 3 is 2.31 bits per heavy atom. The maximum absolute atomic E-state index is 12.6. The lowest BCUT2D eigenvalue weighted by molar-refractivity contribution is 0.0566. The predicted octanol–water partition coefficient (Wildman–Crippen LogP) is 2.74. The average molecular weight is 354 g/mol. The predicted molar refractivity (Wildman–Crippen MR) is 98.5 cm³/mol. The fourth-order valence-corrected chi connectivity index (χ4v) is 2.75. The molecule has 0 spiro atoms. The average Bonchev–Trinajstić information content (AvgIpc) is 2.69. The molecule has 1 N–H and O–H groups in total. The molecule has 2 aromatic rings. The first kappa shape index (κ1) is 17.7. The van der Waals surface area contributed by atoms with E-state index in [9.17, 15) is 9.59 Å². The molecule has 7 heteroatoms. The molecule has 3 rings (SSSR count). The molecule has 1 aromatic heterocycles. The van der Waals surface area contributed by atoms with Gasteiger partial charge in [0.25, 0.3) is 5.91 Å². The number of carbonyl (C=O) groups is 2. The number of nitrogens with zero attached hydrogens (tertiary/aromatic N) is 3. The number of para-hydroxylation sites is 1. The summed E-state index contributed by atoms with van der Waals surface area (Å²) in [6.07, 6.45) is 1.32. The van der Waals surface area contributed by atoms with Crippen LogP contribution in [0.4, 0.5) is 16.2 Å². The lowest BCUT2D eigenvalue weighted by atomic mass is 10.2. The van der Waals surface area contributed by atoms with Crippen LogP contribution in [0.2, 0.25) is 0 Å². The van der Waals surface area contributed by atoms with E-state index in [-0.39, 0.29) is 12.0 Å². The monoisotopic (exact) mass is 354 g/mol. The van der Waals surface area contributed by atoms with E-state index in [4.69, 9.17) is 4.74 Å². The quantitative estimate of drug-likeness (QED) is 0.914. The van der Waals surface area contributed by atoms with Crippen molar-refractivity contribution < 1.29 is 14.3 Å². The Bertz CT molecular complexity index is 741. The second-order valence-corrected chi connectivity index (χ2v) is 5.90. The normalized spacial score (nSPS) is 14.0. The zero-order valence-electron chi connectivity index (χ0n) is 14.7. The summed E-state index contributed by atoms with van der Waals surface area (Å²) in [6.45, 7) is 4.02. The van der Waals surface area contributed by atoms with Crippen molar-refractivity contribution in [3.05, 3.63) is 54.4 Å². The summed E-state index contributed by atoms with van der Waals surface area (Å²) < 4.78 is 4.99. The van der Waals surface area contributed by atoms with Crippen LogP contribution in [-0.4, -0.2) is 59.6 Å². The van der Waals surface area contributed by atoms with E-state index in [1.165, 1.54) is 0 Å². The lowest BCUT2D eigenvalue weighted by Crippen LogP contribution is -2.50. The van der Waals surface area contributed by atoms with Crippen LogP contribution in [0.3, 0.4) is 0 Å². The van der Waals surface area contributed by atoms with Crippen LogP contribution in [0.15, 0.2) is 48.7 Å². The fourth-order valence-electron chi connectivity index (χ4n) is 2.75. The molecule has 1 aliphatic heterocycles. The van der Waals surface area contributed by atoms with Crippen LogP contribution in [-0.2, 0) is 4.74 Å². The Kier molecular flexibility index (Phi) is 5.68. The molecule has 0 unspecified atom stereocenters. The minimum atomic E-state index is -0.325. The number of aromatic nitrogens is 1. The molecule has 0 aliphatic carbocycles. The van der Waals surface area contributed by atoms with E-state index in [1.807, 2.05) is 36.4 Å². The highest BCUT2D eigenvalue weighted by molar-refractivity contribution is 5.92. The number of piperazine rings is 1. The molecule has 2 amide bonds. The molecule has 0 atom stereocenters. The number of nitrogens with one attached hydrogen (secondary N) is 1. The number of rotatable bonds is 4. The largest absolute Gasteiger partial charge is 0.450 e. The second kappa shape index (κ2) is 8.33. The van der Waals surface area contributed by atoms with E-state index in [0.29, 0.717) is 38.5 Å². The van der Waals surface area contributed by atoms with Gasteiger partial charge in [-0.1, -0.05) is 18.2 Å². The number of benzene rings is 1. The van der Waals surface area contributed by atoms with Crippen LogP contribution in [0.25, 0.3) is 0 Å². The van der Waals surface area contributed by atoms with E-state index >= 15 is 0 Å². The molecule has 1 aromatic carbocycles. The summed E-state index contributed by atoms with van der Waals surface area (Å²) in [5.41, 5.74) is 2.18. The number of ether oxygens (including phenoxy) is 1. The van der Waals surface area contributed by atoms with Crippen molar-refractivity contribution in [3.63, 3.8) is 0 Å². The third-order valence-electron chi connectivity index (χ3n) is 4.14. The van der Waals surface area contributed by atoms with Gasteiger partial charge in [-0.15, -0.1) is 0 Å². The topological polar surface area (TPSA) is 74.8 Å². The smallest absolute Gasteiger partial charge is 0.409 e. The number of amides is 2. The number of carbonyl (C=O) groups excluding carboxylic acids is 2. The van der Waals surface area contributed by atoms with Gasteiger partial charge in [-0.2, -0.15) is 0 Å². The maximum atomic E-state index is 12.6. The van der Waals surface area contributed by atoms with Crippen LogP contribution < -0.4 is 5.32 Å². The summed E-state index contributed by atoms with van der Waals surface area (Å²) in [4.78, 5) is 31.9. The molecule has 136 valence electrons. The molecular weight excluding hydrogens is 332 g/mol. The van der Waals surface area contributed by atoms with Gasteiger partial charge in [0.1, 0.15) is 5.69 Å². The molecule has 0 bridgehead atoms. The first-order chi connectivity index (χ1) is 12.7. The van der Waals surface area contributed by atoms with Crippen molar-refractivity contribution in [3.8, 4) is 0 Å². The first-order valence-corrected chi connectivity index (χ1v) is 8.66. The van der Waals surface area contributed by atoms with E-state index in [2.05, 4.69) is 10.3 Å². The van der Waals surface area contributed by atoms with E-state index in [0.717, 1.165) is 11.4 Å². The zero-order valence-corrected chi connectivity index (χ0v) is 14.7. The summed E-state index contributed by atoms with van der Waals surface area (Å²) in [6, 6.07) is 13.3. The van der Waals surface area contributed by atoms with Gasteiger partial charge in [0.2, 0.25) is 0 Å². The van der Waals surface area contributed by atoms with Crippen LogP contribution in [0.5, 0.6) is 0 Å². The van der Waals surface area contributed by atoms with Gasteiger partial charge in [0, 0.05) is 31.9 Å². The third-order valence-corrected chi connectivity index (χ3v) is 4.14. The van der Waals surface area contributed by atoms with Crippen LogP contribution >= 0.6 is 0 Å². The number of hydrogen-bond donors (Lipinski definition) is 1. The van der Waals surface area contributed by atoms with Crippen LogP contribution in [0, 0.1) is 0 Å². The molecule has 0 radical (unpaired) electrons. The van der Waals surface area contributed by atoms with Gasteiger partial charge in [0.05, 0.1) is 18.5 Å². The highest BCUT2D eigenvalue weighted by Gasteiger charge is 2.25. The number of pyridine rings is 1. The van der Waals surface area contributed by atoms with Gasteiger partial charge in [-0.05, 0) is 31.2 Å². The van der Waals surface area contributed by atoms with Crippen molar-refractivity contribution in [1.29, 1.82) is 0 Å². The van der Waals surface area contributed by atoms with Crippen LogP contribution in [0.1, 0.15) is 17.4 Å². The lowest BCUT2D eigenvalue weighted by Gasteiger charge is -2.33. The number of anilines is 2. The molecule has 1 aliphatic rings. The van der Waals surface area contributed by atoms with Gasteiger partial charge in [0.15, 0.2) is 0 Å². The highest BCUT2D eigenvalue weighted by atomic mass is 16.6. The SMILES string of the molecule is CCOC(=O)N1CCN(C(=O)c2ccc(Nc3ccccc3)cn2)CC1. The molecular formula is C19H22N4O3. The Balaban J connectivity index is 1.56. The minimum Gasteiger partial charge on any atom is -0.450 e. The van der Waals surface area contributed by atoms with Gasteiger partial charge < -0.3 is 19.9 Å². The number of hydrogen-bond acceptors (Lipinski definition) is 5. The van der Waals surface area contributed by atoms with Crippen molar-refractivity contribution in [2.45, 2.75) is 6.92 Å². The van der Waals surface area contributed by atoms with E-state index < -0.39 is 0 Å². The Labute approximate surface area is 152 Å². The third kappa shape index (κ3) is 4.30. The van der Waals surface area contributed by atoms with E-state index in [1.54, 1.807) is 29.0 Å². The molecule has 7 nitrogen and oxygen atoms in total. The molecule has 26 heavy (non-hydrogen) atoms. The van der Waals surface area contributed by atoms with Crippen molar-refractivity contribution in [2.75, 3.05) is 38.1 Å².